The van der Waals surface area contributed by atoms with Gasteiger partial charge in [0.15, 0.2) is 0 Å². The van der Waals surface area contributed by atoms with Gasteiger partial charge in [0.1, 0.15) is 5.82 Å². The minimum absolute atomic E-state index is 0.365. The first-order valence-electron chi connectivity index (χ1n) is 7.28. The fourth-order valence-electron chi connectivity index (χ4n) is 2.38. The Morgan fingerprint density at radius 3 is 2.70 bits per heavy atom. The minimum Gasteiger partial charge on any atom is -0.378 e. The average molecular weight is 333 g/mol. The molecule has 3 N–H and O–H groups in total. The molecule has 0 spiro atoms. The van der Waals surface area contributed by atoms with Crippen molar-refractivity contribution < 1.29 is 9.53 Å². The average Bonchev–Trinajstić information content (AvgIpc) is 2.58. The number of carbonyl (C=O) groups is 1. The molecule has 1 amide bonds. The van der Waals surface area contributed by atoms with Crippen molar-refractivity contribution in [2.24, 2.45) is 5.73 Å². The van der Waals surface area contributed by atoms with Gasteiger partial charge in [-0.05, 0) is 30.3 Å². The SMILES string of the molecule is NC(=O)c1ccc(Nc2cc(N3CCOCC3)ccc2Cl)nc1. The van der Waals surface area contributed by atoms with E-state index in [1.165, 1.54) is 6.20 Å². The quantitative estimate of drug-likeness (QED) is 0.898. The number of nitrogens with one attached hydrogen (secondary N) is 1. The molecule has 0 bridgehead atoms. The van der Waals surface area contributed by atoms with Crippen LogP contribution in [0.5, 0.6) is 0 Å². The maximum absolute atomic E-state index is 11.1. The Hall–Kier alpha value is -2.31. The first-order valence-corrected chi connectivity index (χ1v) is 7.66. The summed E-state index contributed by atoms with van der Waals surface area (Å²) in [7, 11) is 0. The van der Waals surface area contributed by atoms with Crippen LogP contribution in [0.15, 0.2) is 36.5 Å². The van der Waals surface area contributed by atoms with Crippen LogP contribution in [0.3, 0.4) is 0 Å². The lowest BCUT2D eigenvalue weighted by Gasteiger charge is -2.29. The predicted octanol–water partition coefficient (Wildman–Crippen LogP) is 2.41. The summed E-state index contributed by atoms with van der Waals surface area (Å²) in [5.74, 6) is 0.0902. The van der Waals surface area contributed by atoms with Crippen molar-refractivity contribution >= 4 is 34.7 Å². The zero-order chi connectivity index (χ0) is 16.2. The topological polar surface area (TPSA) is 80.5 Å². The van der Waals surface area contributed by atoms with Gasteiger partial charge in [-0.25, -0.2) is 4.98 Å². The molecule has 1 fully saturated rings. The smallest absolute Gasteiger partial charge is 0.250 e. The van der Waals surface area contributed by atoms with Crippen LogP contribution >= 0.6 is 11.6 Å². The summed E-state index contributed by atoms with van der Waals surface area (Å²) >= 11 is 6.26. The second-order valence-electron chi connectivity index (χ2n) is 5.18. The first kappa shape index (κ1) is 15.6. The number of nitrogens with zero attached hydrogens (tertiary/aromatic N) is 2. The van der Waals surface area contributed by atoms with Crippen molar-refractivity contribution in [1.29, 1.82) is 0 Å². The van der Waals surface area contributed by atoms with Gasteiger partial charge in [-0.15, -0.1) is 0 Å². The van der Waals surface area contributed by atoms with Crippen molar-refractivity contribution in [3.8, 4) is 0 Å². The highest BCUT2D eigenvalue weighted by Gasteiger charge is 2.13. The number of amides is 1. The maximum atomic E-state index is 11.1. The molecule has 1 saturated heterocycles. The lowest BCUT2D eigenvalue weighted by molar-refractivity contribution is 0.1000. The van der Waals surface area contributed by atoms with Gasteiger partial charge in [0.05, 0.1) is 29.5 Å². The third kappa shape index (κ3) is 3.72. The van der Waals surface area contributed by atoms with E-state index in [1.54, 1.807) is 12.1 Å². The number of morpholine rings is 1. The van der Waals surface area contributed by atoms with E-state index < -0.39 is 5.91 Å². The summed E-state index contributed by atoms with van der Waals surface area (Å²) < 4.78 is 5.37. The second kappa shape index (κ2) is 6.85. The van der Waals surface area contributed by atoms with Crippen molar-refractivity contribution in [3.63, 3.8) is 0 Å². The largest absolute Gasteiger partial charge is 0.378 e. The molecule has 2 aromatic rings. The lowest BCUT2D eigenvalue weighted by atomic mass is 10.2. The first-order chi connectivity index (χ1) is 11.1. The van der Waals surface area contributed by atoms with Crippen LogP contribution in [0.1, 0.15) is 10.4 Å². The van der Waals surface area contributed by atoms with Gasteiger partial charge < -0.3 is 20.7 Å². The number of anilines is 3. The van der Waals surface area contributed by atoms with Gasteiger partial charge in [-0.1, -0.05) is 11.6 Å². The molecule has 23 heavy (non-hydrogen) atoms. The van der Waals surface area contributed by atoms with E-state index in [0.29, 0.717) is 16.4 Å². The number of hydrogen-bond acceptors (Lipinski definition) is 5. The third-order valence-corrected chi connectivity index (χ3v) is 3.97. The lowest BCUT2D eigenvalue weighted by Crippen LogP contribution is -2.36. The number of hydrogen-bond donors (Lipinski definition) is 2. The molecule has 0 aliphatic carbocycles. The zero-order valence-electron chi connectivity index (χ0n) is 12.5. The molecule has 7 heteroatoms. The van der Waals surface area contributed by atoms with Gasteiger partial charge in [0.2, 0.25) is 5.91 Å². The molecule has 0 radical (unpaired) electrons. The van der Waals surface area contributed by atoms with E-state index in [9.17, 15) is 4.79 Å². The van der Waals surface area contributed by atoms with Gasteiger partial charge in [-0.2, -0.15) is 0 Å². The number of ether oxygens (including phenoxy) is 1. The summed E-state index contributed by atoms with van der Waals surface area (Å²) in [6.07, 6.45) is 1.43. The summed E-state index contributed by atoms with van der Waals surface area (Å²) in [5, 5.41) is 3.76. The molecule has 1 aromatic heterocycles. The highest BCUT2D eigenvalue weighted by Crippen LogP contribution is 2.30. The van der Waals surface area contributed by atoms with Crippen LogP contribution in [0, 0.1) is 0 Å². The Kier molecular flexibility index (Phi) is 4.64. The molecule has 120 valence electrons. The van der Waals surface area contributed by atoms with E-state index in [0.717, 1.165) is 37.7 Å². The number of pyridine rings is 1. The Morgan fingerprint density at radius 2 is 2.04 bits per heavy atom. The monoisotopic (exact) mass is 332 g/mol. The number of halogens is 1. The molecule has 3 rings (SSSR count). The van der Waals surface area contributed by atoms with E-state index >= 15 is 0 Å². The van der Waals surface area contributed by atoms with E-state index in [4.69, 9.17) is 22.1 Å². The van der Waals surface area contributed by atoms with E-state index in [-0.39, 0.29) is 0 Å². The predicted molar refractivity (Wildman–Crippen MR) is 90.5 cm³/mol. The highest BCUT2D eigenvalue weighted by molar-refractivity contribution is 6.33. The molecule has 0 atom stereocenters. The normalized spacial score (nSPS) is 14.6. The number of nitrogens with two attached hydrogens (primary N) is 1. The second-order valence-corrected chi connectivity index (χ2v) is 5.59. The number of primary amides is 1. The molecular formula is C16H17ClN4O2. The fraction of sp³-hybridized carbons (Fsp3) is 0.250. The van der Waals surface area contributed by atoms with E-state index in [2.05, 4.69) is 15.2 Å². The number of aromatic nitrogens is 1. The van der Waals surface area contributed by atoms with Crippen LogP contribution in [-0.4, -0.2) is 37.2 Å². The Morgan fingerprint density at radius 1 is 1.26 bits per heavy atom. The van der Waals surface area contributed by atoms with Gasteiger partial charge in [-0.3, -0.25) is 4.79 Å². The van der Waals surface area contributed by atoms with Crippen LogP contribution in [0.4, 0.5) is 17.2 Å². The molecule has 1 aliphatic heterocycles. The van der Waals surface area contributed by atoms with Crippen molar-refractivity contribution in [3.05, 3.63) is 47.1 Å². The molecule has 2 heterocycles. The molecule has 1 aliphatic rings. The van der Waals surface area contributed by atoms with Crippen molar-refractivity contribution in [1.82, 2.24) is 4.98 Å². The van der Waals surface area contributed by atoms with Crippen LogP contribution in [0.25, 0.3) is 0 Å². The van der Waals surface area contributed by atoms with E-state index in [1.807, 2.05) is 18.2 Å². The Labute approximate surface area is 139 Å². The number of carbonyl (C=O) groups excluding carboxylic acids is 1. The van der Waals surface area contributed by atoms with Gasteiger partial charge >= 0.3 is 0 Å². The molecule has 0 saturated carbocycles. The zero-order valence-corrected chi connectivity index (χ0v) is 13.2. The summed E-state index contributed by atoms with van der Waals surface area (Å²) in [5.41, 5.74) is 7.41. The molecule has 0 unspecified atom stereocenters. The minimum atomic E-state index is -0.503. The molecule has 6 nitrogen and oxygen atoms in total. The van der Waals surface area contributed by atoms with Crippen LogP contribution in [-0.2, 0) is 4.74 Å². The third-order valence-electron chi connectivity index (χ3n) is 3.64. The van der Waals surface area contributed by atoms with Crippen LogP contribution in [0.2, 0.25) is 5.02 Å². The summed E-state index contributed by atoms with van der Waals surface area (Å²) in [6.45, 7) is 3.16. The molecule has 1 aromatic carbocycles. The number of benzene rings is 1. The number of rotatable bonds is 4. The summed E-state index contributed by atoms with van der Waals surface area (Å²) in [6, 6.07) is 9.14. The van der Waals surface area contributed by atoms with Crippen molar-refractivity contribution in [2.75, 3.05) is 36.5 Å². The van der Waals surface area contributed by atoms with Crippen LogP contribution < -0.4 is 16.0 Å². The molecular weight excluding hydrogens is 316 g/mol. The fourth-order valence-corrected chi connectivity index (χ4v) is 2.54. The standard InChI is InChI=1S/C16H17ClN4O2/c17-13-3-2-12(21-5-7-23-8-6-21)9-14(13)20-15-4-1-11(10-19-15)16(18)22/h1-4,9-10H,5-8H2,(H2,18,22)(H,19,20). The van der Waals surface area contributed by atoms with Gasteiger partial charge in [0, 0.05) is 25.0 Å². The Balaban J connectivity index is 1.79. The van der Waals surface area contributed by atoms with Crippen molar-refractivity contribution in [2.45, 2.75) is 0 Å². The maximum Gasteiger partial charge on any atom is 0.250 e. The summed E-state index contributed by atoms with van der Waals surface area (Å²) in [4.78, 5) is 17.5. The van der Waals surface area contributed by atoms with Gasteiger partial charge in [0.25, 0.3) is 0 Å². The Bertz CT molecular complexity index is 700. The highest BCUT2D eigenvalue weighted by atomic mass is 35.5.